The van der Waals surface area contributed by atoms with Gasteiger partial charge in [-0.1, -0.05) is 12.1 Å². The van der Waals surface area contributed by atoms with Crippen LogP contribution >= 0.6 is 0 Å². The summed E-state index contributed by atoms with van der Waals surface area (Å²) in [6, 6.07) is 7.04. The molecule has 1 heterocycles. The minimum atomic E-state index is -0.0364. The molecule has 2 rings (SSSR count). The zero-order valence-corrected chi connectivity index (χ0v) is 12.3. The second-order valence-corrected chi connectivity index (χ2v) is 5.53. The van der Waals surface area contributed by atoms with Crippen molar-refractivity contribution in [2.75, 3.05) is 13.2 Å². The Bertz CT molecular complexity index is 447. The number of aliphatic hydroxyl groups is 1. The lowest BCUT2D eigenvalue weighted by Crippen LogP contribution is -2.48. The molecule has 116 valence electrons. The highest BCUT2D eigenvalue weighted by Gasteiger charge is 2.25. The van der Waals surface area contributed by atoms with Crippen LogP contribution in [0.15, 0.2) is 24.3 Å². The fourth-order valence-electron chi connectivity index (χ4n) is 2.79. The molecule has 5 nitrogen and oxygen atoms in total. The van der Waals surface area contributed by atoms with E-state index in [-0.39, 0.29) is 24.4 Å². The largest absolute Gasteiger partial charge is 0.508 e. The van der Waals surface area contributed by atoms with Gasteiger partial charge in [0.15, 0.2) is 0 Å². The van der Waals surface area contributed by atoms with Gasteiger partial charge < -0.3 is 20.4 Å². The third-order valence-electron chi connectivity index (χ3n) is 3.96. The molecule has 1 saturated heterocycles. The highest BCUT2D eigenvalue weighted by atomic mass is 16.3. The van der Waals surface area contributed by atoms with Crippen molar-refractivity contribution in [1.29, 1.82) is 0 Å². The molecule has 1 atom stereocenters. The van der Waals surface area contributed by atoms with Crippen LogP contribution in [0, 0.1) is 0 Å². The predicted molar refractivity (Wildman–Crippen MR) is 81.0 cm³/mol. The van der Waals surface area contributed by atoms with Gasteiger partial charge in [0.05, 0.1) is 0 Å². The van der Waals surface area contributed by atoms with Crippen molar-refractivity contribution in [3.63, 3.8) is 0 Å². The van der Waals surface area contributed by atoms with E-state index >= 15 is 0 Å². The predicted octanol–water partition coefficient (Wildman–Crippen LogP) is 2.23. The maximum absolute atomic E-state index is 12.3. The van der Waals surface area contributed by atoms with Crippen molar-refractivity contribution in [3.8, 4) is 5.75 Å². The zero-order valence-electron chi connectivity index (χ0n) is 12.3. The van der Waals surface area contributed by atoms with E-state index in [1.165, 1.54) is 0 Å². The third kappa shape index (κ3) is 4.63. The number of nitrogens with one attached hydrogen (secondary N) is 1. The van der Waals surface area contributed by atoms with E-state index in [1.54, 1.807) is 24.3 Å². The molecule has 0 saturated carbocycles. The number of urea groups is 1. The lowest BCUT2D eigenvalue weighted by Gasteiger charge is -2.35. The van der Waals surface area contributed by atoms with E-state index in [0.717, 1.165) is 44.2 Å². The lowest BCUT2D eigenvalue weighted by atomic mass is 9.98. The summed E-state index contributed by atoms with van der Waals surface area (Å²) in [6.07, 6.45) is 4.82. The van der Waals surface area contributed by atoms with Gasteiger partial charge in [0.1, 0.15) is 5.75 Å². The Hall–Kier alpha value is -1.75. The normalized spacial score (nSPS) is 18.5. The van der Waals surface area contributed by atoms with Crippen LogP contribution in [0.3, 0.4) is 0 Å². The summed E-state index contributed by atoms with van der Waals surface area (Å²) in [6.45, 7) is 1.43. The van der Waals surface area contributed by atoms with E-state index in [1.807, 2.05) is 4.90 Å². The smallest absolute Gasteiger partial charge is 0.317 e. The van der Waals surface area contributed by atoms with Crippen LogP contribution in [-0.2, 0) is 6.54 Å². The number of carbonyl (C=O) groups excluding carboxylic acids is 1. The average Bonchev–Trinajstić information content (AvgIpc) is 2.52. The van der Waals surface area contributed by atoms with Crippen LogP contribution in [-0.4, -0.2) is 40.3 Å². The van der Waals surface area contributed by atoms with Crippen molar-refractivity contribution in [1.82, 2.24) is 10.2 Å². The third-order valence-corrected chi connectivity index (χ3v) is 3.96. The van der Waals surface area contributed by atoms with Crippen molar-refractivity contribution in [2.45, 2.75) is 44.7 Å². The van der Waals surface area contributed by atoms with Gasteiger partial charge in [0, 0.05) is 25.7 Å². The molecule has 0 radical (unpaired) electrons. The second kappa shape index (κ2) is 7.88. The van der Waals surface area contributed by atoms with Gasteiger partial charge in [0.25, 0.3) is 0 Å². The summed E-state index contributed by atoms with van der Waals surface area (Å²) in [4.78, 5) is 14.2. The molecule has 0 aliphatic carbocycles. The highest BCUT2D eigenvalue weighted by Crippen LogP contribution is 2.21. The minimum Gasteiger partial charge on any atom is -0.508 e. The fourth-order valence-corrected chi connectivity index (χ4v) is 2.79. The second-order valence-electron chi connectivity index (χ2n) is 5.53. The molecule has 1 aromatic rings. The number of aromatic hydroxyl groups is 1. The lowest BCUT2D eigenvalue weighted by molar-refractivity contribution is 0.140. The van der Waals surface area contributed by atoms with Gasteiger partial charge in [-0.15, -0.1) is 0 Å². The monoisotopic (exact) mass is 292 g/mol. The van der Waals surface area contributed by atoms with Crippen molar-refractivity contribution in [2.24, 2.45) is 0 Å². The molecule has 1 aliphatic heterocycles. The average molecular weight is 292 g/mol. The summed E-state index contributed by atoms with van der Waals surface area (Å²) >= 11 is 0. The summed E-state index contributed by atoms with van der Waals surface area (Å²) < 4.78 is 0. The van der Waals surface area contributed by atoms with Crippen LogP contribution < -0.4 is 5.32 Å². The number of benzene rings is 1. The zero-order chi connectivity index (χ0) is 15.1. The Morgan fingerprint density at radius 2 is 2.05 bits per heavy atom. The number of hydrogen-bond donors (Lipinski definition) is 3. The molecule has 1 aliphatic rings. The number of piperidine rings is 1. The van der Waals surface area contributed by atoms with Crippen LogP contribution in [0.1, 0.15) is 37.7 Å². The van der Waals surface area contributed by atoms with Crippen molar-refractivity contribution < 1.29 is 15.0 Å². The van der Waals surface area contributed by atoms with Crippen LogP contribution in [0.2, 0.25) is 0 Å². The Morgan fingerprint density at radius 3 is 2.76 bits per heavy atom. The number of rotatable bonds is 5. The molecule has 0 spiro atoms. The molecule has 0 aromatic heterocycles. The molecule has 5 heteroatoms. The number of carbonyl (C=O) groups is 1. The van der Waals surface area contributed by atoms with E-state index < -0.39 is 0 Å². The minimum absolute atomic E-state index is 0.0364. The van der Waals surface area contributed by atoms with Gasteiger partial charge in [-0.2, -0.15) is 0 Å². The fraction of sp³-hybridized carbons (Fsp3) is 0.562. The number of likely N-dealkylation sites (tertiary alicyclic amines) is 1. The summed E-state index contributed by atoms with van der Waals surface area (Å²) in [5.41, 5.74) is 0.963. The van der Waals surface area contributed by atoms with Gasteiger partial charge in [-0.25, -0.2) is 4.79 Å². The first-order valence-corrected chi connectivity index (χ1v) is 7.64. The molecule has 3 N–H and O–H groups in total. The molecular weight excluding hydrogens is 268 g/mol. The number of nitrogens with zero attached hydrogens (tertiary/aromatic N) is 1. The van der Waals surface area contributed by atoms with Crippen molar-refractivity contribution in [3.05, 3.63) is 29.8 Å². The molecule has 1 fully saturated rings. The number of hydrogen-bond acceptors (Lipinski definition) is 3. The topological polar surface area (TPSA) is 72.8 Å². The Morgan fingerprint density at radius 1 is 1.29 bits per heavy atom. The maximum atomic E-state index is 12.3. The van der Waals surface area contributed by atoms with Gasteiger partial charge >= 0.3 is 6.03 Å². The summed E-state index contributed by atoms with van der Waals surface area (Å²) in [7, 11) is 0. The number of phenolic OH excluding ortho intramolecular Hbond substituents is 1. The van der Waals surface area contributed by atoms with Gasteiger partial charge in [-0.05, 0) is 49.8 Å². The highest BCUT2D eigenvalue weighted by molar-refractivity contribution is 5.74. The van der Waals surface area contributed by atoms with Crippen LogP contribution in [0.5, 0.6) is 5.75 Å². The van der Waals surface area contributed by atoms with E-state index in [2.05, 4.69) is 5.32 Å². The SMILES string of the molecule is O=C(NCc1ccc(O)cc1)N1CCCCC1CCCO. The Kier molecular flexibility index (Phi) is 5.87. The summed E-state index contributed by atoms with van der Waals surface area (Å²) in [5.74, 6) is 0.227. The number of aliphatic hydroxyl groups excluding tert-OH is 1. The quantitative estimate of drug-likeness (QED) is 0.779. The Labute approximate surface area is 125 Å². The first kappa shape index (κ1) is 15.6. The molecule has 21 heavy (non-hydrogen) atoms. The van der Waals surface area contributed by atoms with Crippen molar-refractivity contribution >= 4 is 6.03 Å². The van der Waals surface area contributed by atoms with E-state index in [4.69, 9.17) is 5.11 Å². The number of amides is 2. The molecular formula is C16H24N2O3. The molecule has 1 aromatic carbocycles. The van der Waals surface area contributed by atoms with Gasteiger partial charge in [0.2, 0.25) is 0 Å². The molecule has 0 bridgehead atoms. The molecule has 2 amide bonds. The van der Waals surface area contributed by atoms with E-state index in [9.17, 15) is 9.90 Å². The van der Waals surface area contributed by atoms with Crippen LogP contribution in [0.4, 0.5) is 4.79 Å². The maximum Gasteiger partial charge on any atom is 0.317 e. The first-order chi connectivity index (χ1) is 10.2. The van der Waals surface area contributed by atoms with Gasteiger partial charge in [-0.3, -0.25) is 0 Å². The standard InChI is InChI=1S/C16H24N2O3/c19-11-3-5-14-4-1-2-10-18(14)16(21)17-12-13-6-8-15(20)9-7-13/h6-9,14,19-20H,1-5,10-12H2,(H,17,21). The van der Waals surface area contributed by atoms with E-state index in [0.29, 0.717) is 6.54 Å². The number of phenols is 1. The first-order valence-electron chi connectivity index (χ1n) is 7.64. The molecule has 1 unspecified atom stereocenters. The summed E-state index contributed by atoms with van der Waals surface area (Å²) in [5, 5.41) is 21.1. The van der Waals surface area contributed by atoms with Crippen LogP contribution in [0.25, 0.3) is 0 Å². The Balaban J connectivity index is 1.86.